The van der Waals surface area contributed by atoms with Crippen LogP contribution in [-0.4, -0.2) is 35.3 Å². The molecule has 0 radical (unpaired) electrons. The van der Waals surface area contributed by atoms with Crippen LogP contribution in [0.25, 0.3) is 0 Å². The van der Waals surface area contributed by atoms with Crippen molar-refractivity contribution in [2.24, 2.45) is 0 Å². The summed E-state index contributed by atoms with van der Waals surface area (Å²) in [6.07, 6.45) is -4.95. The highest BCUT2D eigenvalue weighted by Crippen LogP contribution is 2.48. The summed E-state index contributed by atoms with van der Waals surface area (Å²) in [5.41, 5.74) is -1.36. The molecule has 4 nitrogen and oxygen atoms in total. The number of alkyl halides is 3. The summed E-state index contributed by atoms with van der Waals surface area (Å²) in [6.45, 7) is 7.55. The van der Waals surface area contributed by atoms with E-state index < -0.39 is 29.0 Å². The Balaban J connectivity index is 1.97. The largest absolute Gasteiger partial charge is 0.444 e. The van der Waals surface area contributed by atoms with E-state index in [1.54, 1.807) is 26.8 Å². The number of carbonyl (C=O) groups excluding carboxylic acids is 1. The first-order valence-electron chi connectivity index (χ1n) is 8.31. The predicted molar refractivity (Wildman–Crippen MR) is 92.9 cm³/mol. The molecule has 3 rings (SSSR count). The van der Waals surface area contributed by atoms with Crippen LogP contribution in [0.2, 0.25) is 0 Å². The first kappa shape index (κ1) is 19.5. The van der Waals surface area contributed by atoms with Crippen LogP contribution in [0, 0.1) is 0 Å². The third-order valence-electron chi connectivity index (χ3n) is 4.77. The van der Waals surface area contributed by atoms with Crippen molar-refractivity contribution in [3.63, 3.8) is 0 Å². The standard InChI is InChI=1S/C18H21BrF3NO3/c1-16(2,3)26-15(24)23-7-14-11-5-10(19)6-13(18(20,21)22)12(11)8-25-17(14,4)9-23/h5-6,14H,7-9H2,1-4H3/t14-,17-/m0/s1. The summed E-state index contributed by atoms with van der Waals surface area (Å²) in [7, 11) is 0. The molecule has 1 amide bonds. The maximum atomic E-state index is 13.4. The molecule has 0 saturated carbocycles. The number of fused-ring (bicyclic) bond motifs is 3. The van der Waals surface area contributed by atoms with Gasteiger partial charge >= 0.3 is 12.3 Å². The second-order valence-electron chi connectivity index (χ2n) is 8.03. The Hall–Kier alpha value is -1.28. The van der Waals surface area contributed by atoms with E-state index in [2.05, 4.69) is 15.9 Å². The van der Waals surface area contributed by atoms with Crippen molar-refractivity contribution < 1.29 is 27.4 Å². The van der Waals surface area contributed by atoms with Crippen LogP contribution in [-0.2, 0) is 22.3 Å². The first-order chi connectivity index (χ1) is 11.8. The third-order valence-corrected chi connectivity index (χ3v) is 5.23. The van der Waals surface area contributed by atoms with E-state index >= 15 is 0 Å². The Morgan fingerprint density at radius 2 is 2.00 bits per heavy atom. The van der Waals surface area contributed by atoms with Gasteiger partial charge in [0.05, 0.1) is 24.3 Å². The molecule has 8 heteroatoms. The van der Waals surface area contributed by atoms with E-state index in [1.807, 2.05) is 6.92 Å². The summed E-state index contributed by atoms with van der Waals surface area (Å²) in [4.78, 5) is 13.9. The Morgan fingerprint density at radius 1 is 1.35 bits per heavy atom. The molecule has 1 saturated heterocycles. The van der Waals surface area contributed by atoms with Gasteiger partial charge in [0, 0.05) is 16.9 Å². The third kappa shape index (κ3) is 3.58. The van der Waals surface area contributed by atoms with Crippen molar-refractivity contribution in [1.29, 1.82) is 0 Å². The molecule has 0 bridgehead atoms. The van der Waals surface area contributed by atoms with Crippen LogP contribution < -0.4 is 0 Å². The lowest BCUT2D eigenvalue weighted by Crippen LogP contribution is -2.42. The summed E-state index contributed by atoms with van der Waals surface area (Å²) >= 11 is 3.19. The molecule has 1 fully saturated rings. The lowest BCUT2D eigenvalue weighted by atomic mass is 9.80. The molecule has 2 atom stereocenters. The fourth-order valence-corrected chi connectivity index (χ4v) is 4.10. The second-order valence-corrected chi connectivity index (χ2v) is 8.95. The van der Waals surface area contributed by atoms with E-state index in [4.69, 9.17) is 9.47 Å². The number of halogens is 4. The number of nitrogens with zero attached hydrogens (tertiary/aromatic N) is 1. The molecule has 0 aromatic heterocycles. The second kappa shape index (κ2) is 6.12. The number of hydrogen-bond acceptors (Lipinski definition) is 3. The van der Waals surface area contributed by atoms with Crippen molar-refractivity contribution in [1.82, 2.24) is 4.90 Å². The molecular formula is C18H21BrF3NO3. The molecule has 26 heavy (non-hydrogen) atoms. The zero-order valence-electron chi connectivity index (χ0n) is 15.0. The van der Waals surface area contributed by atoms with Gasteiger partial charge in [-0.05, 0) is 51.0 Å². The lowest BCUT2D eigenvalue weighted by molar-refractivity contribution is -0.141. The van der Waals surface area contributed by atoms with E-state index in [9.17, 15) is 18.0 Å². The van der Waals surface area contributed by atoms with E-state index in [1.165, 1.54) is 4.90 Å². The topological polar surface area (TPSA) is 38.8 Å². The van der Waals surface area contributed by atoms with Gasteiger partial charge in [-0.25, -0.2) is 4.79 Å². The van der Waals surface area contributed by atoms with Crippen molar-refractivity contribution in [2.75, 3.05) is 13.1 Å². The van der Waals surface area contributed by atoms with Crippen LogP contribution in [0.4, 0.5) is 18.0 Å². The highest BCUT2D eigenvalue weighted by atomic mass is 79.9. The minimum atomic E-state index is -4.46. The van der Waals surface area contributed by atoms with Gasteiger partial charge in [0.1, 0.15) is 5.60 Å². The van der Waals surface area contributed by atoms with E-state index in [0.29, 0.717) is 10.0 Å². The van der Waals surface area contributed by atoms with Gasteiger partial charge < -0.3 is 14.4 Å². The number of ether oxygens (including phenoxy) is 2. The maximum Gasteiger partial charge on any atom is 0.416 e. The molecule has 1 aromatic rings. The molecule has 2 aliphatic heterocycles. The monoisotopic (exact) mass is 435 g/mol. The highest BCUT2D eigenvalue weighted by molar-refractivity contribution is 9.10. The average molecular weight is 436 g/mol. The van der Waals surface area contributed by atoms with Gasteiger partial charge in [-0.1, -0.05) is 15.9 Å². The molecule has 0 unspecified atom stereocenters. The fraction of sp³-hybridized carbons (Fsp3) is 0.611. The van der Waals surface area contributed by atoms with Crippen LogP contribution in [0.15, 0.2) is 16.6 Å². The maximum absolute atomic E-state index is 13.4. The van der Waals surface area contributed by atoms with Crippen LogP contribution in [0.1, 0.15) is 50.3 Å². The molecule has 144 valence electrons. The summed E-state index contributed by atoms with van der Waals surface area (Å²) in [5, 5.41) is 0. The molecule has 2 heterocycles. The van der Waals surface area contributed by atoms with Crippen LogP contribution in [0.5, 0.6) is 0 Å². The van der Waals surface area contributed by atoms with Gasteiger partial charge in [0.25, 0.3) is 0 Å². The Kier molecular flexibility index (Phi) is 4.59. The van der Waals surface area contributed by atoms with Crippen molar-refractivity contribution in [3.05, 3.63) is 33.3 Å². The van der Waals surface area contributed by atoms with Gasteiger partial charge in [0.2, 0.25) is 0 Å². The van der Waals surface area contributed by atoms with Gasteiger partial charge in [-0.15, -0.1) is 0 Å². The van der Waals surface area contributed by atoms with Crippen LogP contribution in [0.3, 0.4) is 0 Å². The molecule has 1 aromatic carbocycles. The Labute approximate surface area is 158 Å². The quantitative estimate of drug-likeness (QED) is 0.569. The molecular weight excluding hydrogens is 415 g/mol. The molecule has 0 N–H and O–H groups in total. The van der Waals surface area contributed by atoms with Gasteiger partial charge in [-0.2, -0.15) is 13.2 Å². The van der Waals surface area contributed by atoms with Crippen LogP contribution >= 0.6 is 15.9 Å². The van der Waals surface area contributed by atoms with E-state index in [-0.39, 0.29) is 31.2 Å². The average Bonchev–Trinajstić information content (AvgIpc) is 2.82. The molecule has 0 spiro atoms. The summed E-state index contributed by atoms with van der Waals surface area (Å²) in [6, 6.07) is 2.78. The zero-order chi connectivity index (χ0) is 19.5. The van der Waals surface area contributed by atoms with Crippen molar-refractivity contribution in [2.45, 2.75) is 57.6 Å². The number of rotatable bonds is 0. The van der Waals surface area contributed by atoms with Gasteiger partial charge in [-0.3, -0.25) is 0 Å². The smallest absolute Gasteiger partial charge is 0.416 e. The Morgan fingerprint density at radius 3 is 2.58 bits per heavy atom. The minimum absolute atomic E-state index is 0.132. The Bertz CT molecular complexity index is 744. The van der Waals surface area contributed by atoms with Crippen molar-refractivity contribution in [3.8, 4) is 0 Å². The first-order valence-corrected chi connectivity index (χ1v) is 9.11. The number of carbonyl (C=O) groups is 1. The highest BCUT2D eigenvalue weighted by Gasteiger charge is 2.51. The molecule has 2 aliphatic rings. The predicted octanol–water partition coefficient (Wildman–Crippen LogP) is 5.09. The van der Waals surface area contributed by atoms with Gasteiger partial charge in [0.15, 0.2) is 0 Å². The number of hydrogen-bond donors (Lipinski definition) is 0. The van der Waals surface area contributed by atoms with E-state index in [0.717, 1.165) is 6.07 Å². The fourth-order valence-electron chi connectivity index (χ4n) is 3.63. The molecule has 0 aliphatic carbocycles. The lowest BCUT2D eigenvalue weighted by Gasteiger charge is -2.37. The number of likely N-dealkylation sites (tertiary alicyclic amines) is 1. The minimum Gasteiger partial charge on any atom is -0.444 e. The summed E-state index contributed by atoms with van der Waals surface area (Å²) < 4.78 is 51.9. The number of benzene rings is 1. The zero-order valence-corrected chi connectivity index (χ0v) is 16.6. The summed E-state index contributed by atoms with van der Waals surface area (Å²) in [5.74, 6) is -0.350. The number of amides is 1. The SMILES string of the molecule is CC(C)(C)OC(=O)N1C[C@H]2c3cc(Br)cc(C(F)(F)F)c3CO[C@@]2(C)C1. The van der Waals surface area contributed by atoms with Crippen molar-refractivity contribution >= 4 is 22.0 Å². The normalized spacial score (nSPS) is 25.7.